The van der Waals surface area contributed by atoms with Crippen LogP contribution >= 0.6 is 12.2 Å². The second kappa shape index (κ2) is 9.09. The Kier molecular flexibility index (Phi) is 6.08. The first-order valence-electron chi connectivity index (χ1n) is 9.79. The largest absolute Gasteiger partial charge is 0.479 e. The van der Waals surface area contributed by atoms with Gasteiger partial charge in [-0.3, -0.25) is 20.4 Å². The number of hydrazine groups is 1. The molecule has 0 bridgehead atoms. The highest BCUT2D eigenvalue weighted by molar-refractivity contribution is 7.80. The first-order chi connectivity index (χ1) is 15.0. The number of ether oxygens (including phenoxy) is 3. The molecule has 0 radical (unpaired) electrons. The summed E-state index contributed by atoms with van der Waals surface area (Å²) in [6.07, 6.45) is -0.492. The second-order valence-electron chi connectivity index (χ2n) is 7.01. The number of benzene rings is 2. The van der Waals surface area contributed by atoms with Gasteiger partial charge >= 0.3 is 0 Å². The van der Waals surface area contributed by atoms with Gasteiger partial charge in [-0.25, -0.2) is 0 Å². The van der Waals surface area contributed by atoms with Crippen LogP contribution in [-0.4, -0.2) is 36.4 Å². The van der Waals surface area contributed by atoms with E-state index in [0.29, 0.717) is 29.5 Å². The lowest BCUT2D eigenvalue weighted by Gasteiger charge is -2.32. The molecule has 4 rings (SSSR count). The first-order valence-corrected chi connectivity index (χ1v) is 10.2. The summed E-state index contributed by atoms with van der Waals surface area (Å²) < 4.78 is 16.2. The number of carbonyl (C=O) groups is 2. The molecule has 162 valence electrons. The number of amides is 2. The molecule has 2 aromatic carbocycles. The third kappa shape index (κ3) is 4.80. The van der Waals surface area contributed by atoms with Gasteiger partial charge in [0.25, 0.3) is 5.91 Å². The van der Waals surface area contributed by atoms with Gasteiger partial charge in [0.05, 0.1) is 5.69 Å². The van der Waals surface area contributed by atoms with Crippen LogP contribution in [0.1, 0.15) is 18.9 Å². The quantitative estimate of drug-likeness (QED) is 0.474. The number of thiocarbonyl (C=S) groups is 1. The van der Waals surface area contributed by atoms with Crippen molar-refractivity contribution in [2.75, 3.05) is 18.2 Å². The van der Waals surface area contributed by atoms with E-state index >= 15 is 0 Å². The zero-order valence-electron chi connectivity index (χ0n) is 16.8. The normalized spacial score (nSPS) is 16.2. The summed E-state index contributed by atoms with van der Waals surface area (Å²) in [5, 5.41) is 3.28. The fourth-order valence-corrected chi connectivity index (χ4v) is 3.39. The highest BCUT2D eigenvalue weighted by Gasteiger charge is 2.31. The minimum Gasteiger partial charge on any atom is -0.479 e. The maximum absolute atomic E-state index is 12.5. The van der Waals surface area contributed by atoms with Gasteiger partial charge in [-0.1, -0.05) is 18.2 Å². The van der Waals surface area contributed by atoms with E-state index < -0.39 is 6.10 Å². The number of para-hydroxylation sites is 2. The van der Waals surface area contributed by atoms with Crippen molar-refractivity contribution < 1.29 is 23.8 Å². The highest BCUT2D eigenvalue weighted by atomic mass is 32.1. The molecule has 0 saturated heterocycles. The number of hydrogen-bond donors (Lipinski definition) is 3. The minimum atomic E-state index is -0.593. The number of nitrogens with zero attached hydrogens (tertiary/aromatic N) is 1. The first kappa shape index (κ1) is 20.7. The Bertz CT molecular complexity index is 1020. The van der Waals surface area contributed by atoms with Crippen LogP contribution in [0.15, 0.2) is 42.5 Å². The Labute approximate surface area is 184 Å². The van der Waals surface area contributed by atoms with Crippen LogP contribution in [0, 0.1) is 0 Å². The van der Waals surface area contributed by atoms with Crippen LogP contribution in [0.3, 0.4) is 0 Å². The number of nitrogens with one attached hydrogen (secondary N) is 3. The Hall–Kier alpha value is -3.53. The molecule has 2 aliphatic rings. The molecule has 2 aromatic rings. The van der Waals surface area contributed by atoms with Gasteiger partial charge in [0.1, 0.15) is 5.75 Å². The molecule has 0 spiro atoms. The molecule has 31 heavy (non-hydrogen) atoms. The number of hydrogen-bond acceptors (Lipinski definition) is 6. The van der Waals surface area contributed by atoms with Crippen LogP contribution < -0.4 is 35.3 Å². The van der Waals surface area contributed by atoms with Crippen molar-refractivity contribution in [2.45, 2.75) is 26.0 Å². The Balaban J connectivity index is 1.22. The van der Waals surface area contributed by atoms with Crippen molar-refractivity contribution in [3.8, 4) is 17.2 Å². The Morgan fingerprint density at radius 3 is 2.81 bits per heavy atom. The Morgan fingerprint density at radius 1 is 1.13 bits per heavy atom. The predicted molar refractivity (Wildman–Crippen MR) is 117 cm³/mol. The van der Waals surface area contributed by atoms with E-state index in [1.54, 1.807) is 24.0 Å². The van der Waals surface area contributed by atoms with E-state index in [4.69, 9.17) is 26.4 Å². The molecule has 9 nitrogen and oxygen atoms in total. The maximum atomic E-state index is 12.5. The third-order valence-electron chi connectivity index (χ3n) is 4.84. The number of carbonyl (C=O) groups excluding carboxylic acids is 2. The van der Waals surface area contributed by atoms with Crippen molar-refractivity contribution >= 4 is 34.8 Å². The van der Waals surface area contributed by atoms with Crippen LogP contribution in [0.25, 0.3) is 0 Å². The third-order valence-corrected chi connectivity index (χ3v) is 5.09. The smallest absolute Gasteiger partial charge is 0.267 e. The molecule has 0 aromatic heterocycles. The minimum absolute atomic E-state index is 0.102. The van der Waals surface area contributed by atoms with Crippen LogP contribution in [-0.2, 0) is 16.1 Å². The Morgan fingerprint density at radius 2 is 1.94 bits per heavy atom. The average molecular weight is 442 g/mol. The lowest BCUT2D eigenvalue weighted by atomic mass is 10.1. The summed E-state index contributed by atoms with van der Waals surface area (Å²) in [7, 11) is 0. The molecule has 3 N–H and O–H groups in total. The molecular weight excluding hydrogens is 420 g/mol. The van der Waals surface area contributed by atoms with Crippen molar-refractivity contribution in [3.63, 3.8) is 0 Å². The standard InChI is InChI=1S/C21H22N4O5S/c1-13-20(27)25(15-4-2-3-5-16(15)30-13)9-8-19(26)23-24-21(31)22-11-14-6-7-17-18(10-14)29-12-28-17/h2-7,10,13H,8-9,11-12H2,1H3,(H,23,26)(H2,22,24,31). The summed E-state index contributed by atoms with van der Waals surface area (Å²) in [6.45, 7) is 2.60. The van der Waals surface area contributed by atoms with Crippen molar-refractivity contribution in [2.24, 2.45) is 0 Å². The van der Waals surface area contributed by atoms with E-state index in [1.165, 1.54) is 0 Å². The molecule has 0 fully saturated rings. The van der Waals surface area contributed by atoms with Gasteiger partial charge in [0, 0.05) is 19.5 Å². The van der Waals surface area contributed by atoms with Gasteiger partial charge in [-0.2, -0.15) is 0 Å². The van der Waals surface area contributed by atoms with Gasteiger partial charge in [0.2, 0.25) is 12.7 Å². The van der Waals surface area contributed by atoms with Crippen LogP contribution in [0.4, 0.5) is 5.69 Å². The predicted octanol–water partition coefficient (Wildman–Crippen LogP) is 1.61. The summed E-state index contributed by atoms with van der Waals surface area (Å²) in [5.41, 5.74) is 6.83. The van der Waals surface area contributed by atoms with Crippen molar-refractivity contribution in [3.05, 3.63) is 48.0 Å². The van der Waals surface area contributed by atoms with Crippen LogP contribution in [0.5, 0.6) is 17.2 Å². The summed E-state index contributed by atoms with van der Waals surface area (Å²) >= 11 is 5.19. The zero-order chi connectivity index (χ0) is 21.8. The summed E-state index contributed by atoms with van der Waals surface area (Å²) in [4.78, 5) is 26.3. The monoisotopic (exact) mass is 442 g/mol. The number of rotatable bonds is 5. The molecule has 0 saturated carbocycles. The van der Waals surface area contributed by atoms with E-state index in [0.717, 1.165) is 5.56 Å². The van der Waals surface area contributed by atoms with E-state index in [1.807, 2.05) is 30.3 Å². The summed E-state index contributed by atoms with van der Waals surface area (Å²) in [5.74, 6) is 1.56. The molecule has 2 heterocycles. The molecule has 0 aliphatic carbocycles. The zero-order valence-corrected chi connectivity index (χ0v) is 17.7. The lowest BCUT2D eigenvalue weighted by molar-refractivity contribution is -0.125. The fraction of sp³-hybridized carbons (Fsp3) is 0.286. The highest BCUT2D eigenvalue weighted by Crippen LogP contribution is 2.34. The van der Waals surface area contributed by atoms with Gasteiger partial charge in [0.15, 0.2) is 22.7 Å². The molecule has 10 heteroatoms. The topological polar surface area (TPSA) is 101 Å². The molecule has 1 unspecified atom stereocenters. The van der Waals surface area contributed by atoms with Crippen molar-refractivity contribution in [1.82, 2.24) is 16.2 Å². The molecule has 1 atom stereocenters. The van der Waals surface area contributed by atoms with E-state index in [-0.39, 0.29) is 36.7 Å². The second-order valence-corrected chi connectivity index (χ2v) is 7.42. The maximum Gasteiger partial charge on any atom is 0.267 e. The van der Waals surface area contributed by atoms with E-state index in [9.17, 15) is 9.59 Å². The van der Waals surface area contributed by atoms with Gasteiger partial charge < -0.3 is 24.4 Å². The average Bonchev–Trinajstić information content (AvgIpc) is 3.24. The SMILES string of the molecule is CC1Oc2ccccc2N(CCC(=O)NNC(=S)NCc2ccc3c(c2)OCO3)C1=O. The van der Waals surface area contributed by atoms with Crippen LogP contribution in [0.2, 0.25) is 0 Å². The van der Waals surface area contributed by atoms with Gasteiger partial charge in [-0.15, -0.1) is 0 Å². The number of anilines is 1. The van der Waals surface area contributed by atoms with Gasteiger partial charge in [-0.05, 0) is 49.0 Å². The lowest BCUT2D eigenvalue weighted by Crippen LogP contribution is -2.49. The van der Waals surface area contributed by atoms with E-state index in [2.05, 4.69) is 16.2 Å². The number of fused-ring (bicyclic) bond motifs is 2. The fourth-order valence-electron chi connectivity index (χ4n) is 3.27. The molecule has 2 aliphatic heterocycles. The molecular formula is C21H22N4O5S. The summed E-state index contributed by atoms with van der Waals surface area (Å²) in [6, 6.07) is 12.9. The van der Waals surface area contributed by atoms with Crippen molar-refractivity contribution in [1.29, 1.82) is 0 Å². The molecule has 2 amide bonds.